The van der Waals surface area contributed by atoms with E-state index >= 15 is 0 Å². The lowest BCUT2D eigenvalue weighted by Gasteiger charge is -2.25. The smallest absolute Gasteiger partial charge is 0.299 e. The molecule has 0 saturated heterocycles. The highest BCUT2D eigenvalue weighted by molar-refractivity contribution is 6.52. The van der Waals surface area contributed by atoms with Gasteiger partial charge in [0, 0.05) is 25.0 Å². The van der Waals surface area contributed by atoms with Crippen molar-refractivity contribution in [2.75, 3.05) is 37.5 Å². The third-order valence-electron chi connectivity index (χ3n) is 5.64. The highest BCUT2D eigenvalue weighted by Gasteiger charge is 2.37. The first-order valence-corrected chi connectivity index (χ1v) is 11.0. The van der Waals surface area contributed by atoms with Crippen LogP contribution in [-0.2, 0) is 20.9 Å². The molecule has 0 saturated carbocycles. The average Bonchev–Trinajstić information content (AvgIpc) is 3.14. The van der Waals surface area contributed by atoms with Gasteiger partial charge in [0.15, 0.2) is 0 Å². The molecule has 184 valence electrons. The van der Waals surface area contributed by atoms with Crippen LogP contribution in [0, 0.1) is 0 Å². The van der Waals surface area contributed by atoms with Gasteiger partial charge in [-0.15, -0.1) is 0 Å². The number of fused-ring (bicyclic) bond motifs is 1. The number of methoxy groups -OCH3 is 2. The molecule has 1 aliphatic heterocycles. The van der Waals surface area contributed by atoms with Crippen LogP contribution in [0.15, 0.2) is 67.0 Å². The molecule has 1 aliphatic rings. The van der Waals surface area contributed by atoms with Gasteiger partial charge in [-0.25, -0.2) is 0 Å². The number of ketones is 1. The second-order valence-electron chi connectivity index (χ2n) is 7.96. The summed E-state index contributed by atoms with van der Waals surface area (Å²) < 4.78 is 10.5. The summed E-state index contributed by atoms with van der Waals surface area (Å²) in [5, 5.41) is 2.75. The number of carbonyl (C=O) groups is 4. The molecule has 0 spiro atoms. The Kier molecular flexibility index (Phi) is 7.24. The highest BCUT2D eigenvalue weighted by atomic mass is 16.5. The van der Waals surface area contributed by atoms with Crippen molar-refractivity contribution in [2.45, 2.75) is 6.54 Å². The van der Waals surface area contributed by atoms with Crippen molar-refractivity contribution in [2.24, 2.45) is 0 Å². The molecule has 0 bridgehead atoms. The first-order valence-electron chi connectivity index (χ1n) is 11.0. The lowest BCUT2D eigenvalue weighted by atomic mass is 10.1. The number of benzene rings is 2. The number of hydrogen-bond donors (Lipinski definition) is 1. The van der Waals surface area contributed by atoms with Gasteiger partial charge in [-0.05, 0) is 35.9 Å². The quantitative estimate of drug-likeness (QED) is 0.459. The molecule has 3 aromatic rings. The molecule has 10 heteroatoms. The maximum absolute atomic E-state index is 13.3. The van der Waals surface area contributed by atoms with Crippen LogP contribution in [0.2, 0.25) is 0 Å². The maximum Gasteiger partial charge on any atom is 0.299 e. The van der Waals surface area contributed by atoms with Crippen molar-refractivity contribution in [3.63, 3.8) is 0 Å². The van der Waals surface area contributed by atoms with Crippen LogP contribution in [0.25, 0.3) is 0 Å². The van der Waals surface area contributed by atoms with Crippen LogP contribution in [0.3, 0.4) is 0 Å². The van der Waals surface area contributed by atoms with Crippen molar-refractivity contribution >= 4 is 34.9 Å². The van der Waals surface area contributed by atoms with Crippen molar-refractivity contribution in [1.82, 2.24) is 9.88 Å². The van der Waals surface area contributed by atoms with E-state index in [1.807, 2.05) is 0 Å². The SMILES string of the molecule is COc1ccc(NC(=O)CN(Cc2cccnc2)C(=O)CN2C(=O)C(=O)c3ccccc32)c(OC)c1. The third-order valence-corrected chi connectivity index (χ3v) is 5.64. The van der Waals surface area contributed by atoms with E-state index in [4.69, 9.17) is 9.47 Å². The van der Waals surface area contributed by atoms with Gasteiger partial charge in [-0.2, -0.15) is 0 Å². The molecule has 0 unspecified atom stereocenters. The van der Waals surface area contributed by atoms with Crippen molar-refractivity contribution in [3.8, 4) is 11.5 Å². The van der Waals surface area contributed by atoms with Gasteiger partial charge < -0.3 is 19.7 Å². The zero-order valence-electron chi connectivity index (χ0n) is 19.8. The molecule has 10 nitrogen and oxygen atoms in total. The molecule has 3 amide bonds. The Balaban J connectivity index is 1.53. The van der Waals surface area contributed by atoms with E-state index in [9.17, 15) is 19.2 Å². The van der Waals surface area contributed by atoms with Gasteiger partial charge in [0.2, 0.25) is 11.8 Å². The van der Waals surface area contributed by atoms with Gasteiger partial charge in [-0.1, -0.05) is 18.2 Å². The summed E-state index contributed by atoms with van der Waals surface area (Å²) >= 11 is 0. The van der Waals surface area contributed by atoms with Crippen LogP contribution in [0.4, 0.5) is 11.4 Å². The van der Waals surface area contributed by atoms with Gasteiger partial charge >= 0.3 is 0 Å². The fourth-order valence-electron chi connectivity index (χ4n) is 3.85. The number of rotatable bonds is 9. The molecular weight excluding hydrogens is 464 g/mol. The highest BCUT2D eigenvalue weighted by Crippen LogP contribution is 2.30. The third kappa shape index (κ3) is 5.17. The van der Waals surface area contributed by atoms with E-state index in [-0.39, 0.29) is 25.2 Å². The normalized spacial score (nSPS) is 12.2. The molecule has 4 rings (SSSR count). The number of anilines is 2. The molecule has 2 heterocycles. The molecule has 0 radical (unpaired) electrons. The Morgan fingerprint density at radius 1 is 1.03 bits per heavy atom. The van der Waals surface area contributed by atoms with Gasteiger partial charge in [0.25, 0.3) is 11.7 Å². The number of ether oxygens (including phenoxy) is 2. The lowest BCUT2D eigenvalue weighted by Crippen LogP contribution is -2.45. The van der Waals surface area contributed by atoms with Crippen LogP contribution >= 0.6 is 0 Å². The minimum absolute atomic E-state index is 0.0808. The summed E-state index contributed by atoms with van der Waals surface area (Å²) in [5.41, 5.74) is 1.73. The van der Waals surface area contributed by atoms with E-state index in [0.29, 0.717) is 28.4 Å². The number of hydrogen-bond acceptors (Lipinski definition) is 7. The molecule has 1 aromatic heterocycles. The van der Waals surface area contributed by atoms with Crippen LogP contribution < -0.4 is 19.7 Å². The minimum atomic E-state index is -0.779. The average molecular weight is 489 g/mol. The Morgan fingerprint density at radius 3 is 2.56 bits per heavy atom. The fourth-order valence-corrected chi connectivity index (χ4v) is 3.85. The molecule has 0 aliphatic carbocycles. The minimum Gasteiger partial charge on any atom is -0.497 e. The van der Waals surface area contributed by atoms with E-state index in [1.54, 1.807) is 67.0 Å². The summed E-state index contributed by atoms with van der Waals surface area (Å²) in [7, 11) is 2.99. The predicted octanol–water partition coefficient (Wildman–Crippen LogP) is 2.30. The first kappa shape index (κ1) is 24.4. The summed E-state index contributed by atoms with van der Waals surface area (Å²) in [6.07, 6.45) is 3.19. The number of nitrogens with zero attached hydrogens (tertiary/aromatic N) is 3. The lowest BCUT2D eigenvalue weighted by molar-refractivity contribution is -0.134. The zero-order valence-corrected chi connectivity index (χ0v) is 19.8. The summed E-state index contributed by atoms with van der Waals surface area (Å²) in [5.74, 6) is -1.47. The number of para-hydroxylation sites is 1. The maximum atomic E-state index is 13.3. The molecular formula is C26H24N4O6. The van der Waals surface area contributed by atoms with Crippen LogP contribution in [0.1, 0.15) is 15.9 Å². The number of carbonyl (C=O) groups excluding carboxylic acids is 4. The molecule has 2 aromatic carbocycles. The van der Waals surface area contributed by atoms with Gasteiger partial charge in [0.1, 0.15) is 24.6 Å². The molecule has 1 N–H and O–H groups in total. The molecule has 36 heavy (non-hydrogen) atoms. The van der Waals surface area contributed by atoms with Gasteiger partial charge in [-0.3, -0.25) is 29.1 Å². The van der Waals surface area contributed by atoms with Crippen molar-refractivity contribution in [1.29, 1.82) is 0 Å². The topological polar surface area (TPSA) is 118 Å². The van der Waals surface area contributed by atoms with Crippen molar-refractivity contribution in [3.05, 3.63) is 78.1 Å². The Labute approximate surface area is 207 Å². The van der Waals surface area contributed by atoms with Crippen molar-refractivity contribution < 1.29 is 28.7 Å². The largest absolute Gasteiger partial charge is 0.497 e. The Hall–Kier alpha value is -4.73. The van der Waals surface area contributed by atoms with Crippen LogP contribution in [-0.4, -0.2) is 60.7 Å². The number of pyridine rings is 1. The second kappa shape index (κ2) is 10.7. The zero-order chi connectivity index (χ0) is 25.7. The monoisotopic (exact) mass is 488 g/mol. The number of Topliss-reactive ketones (excluding diaryl/α,β-unsaturated/α-hetero) is 1. The van der Waals surface area contributed by atoms with E-state index in [0.717, 1.165) is 4.90 Å². The number of aromatic nitrogens is 1. The molecule has 0 atom stereocenters. The van der Waals surface area contributed by atoms with Gasteiger partial charge in [0.05, 0.1) is 31.2 Å². The fraction of sp³-hybridized carbons (Fsp3) is 0.192. The first-order chi connectivity index (χ1) is 17.4. The van der Waals surface area contributed by atoms with E-state index < -0.39 is 23.5 Å². The summed E-state index contributed by atoms with van der Waals surface area (Å²) in [6.45, 7) is -0.612. The van der Waals surface area contributed by atoms with E-state index in [1.165, 1.54) is 19.1 Å². The van der Waals surface area contributed by atoms with Crippen LogP contribution in [0.5, 0.6) is 11.5 Å². The predicted molar refractivity (Wildman–Crippen MR) is 131 cm³/mol. The Bertz CT molecular complexity index is 1310. The molecule has 0 fully saturated rings. The summed E-state index contributed by atoms with van der Waals surface area (Å²) in [4.78, 5) is 57.7. The second-order valence-corrected chi connectivity index (χ2v) is 7.96. The standard InChI is InChI=1S/C26H24N4O6/c1-35-18-9-10-20(22(12-18)36-2)28-23(31)15-29(14-17-6-5-11-27-13-17)24(32)16-30-21-8-4-3-7-19(21)25(33)26(30)34/h3-13H,14-16H2,1-2H3,(H,28,31). The summed E-state index contributed by atoms with van der Waals surface area (Å²) in [6, 6.07) is 14.9. The van der Waals surface area contributed by atoms with E-state index in [2.05, 4.69) is 10.3 Å². The number of nitrogens with one attached hydrogen (secondary N) is 1. The number of amides is 3. The Morgan fingerprint density at radius 2 is 1.83 bits per heavy atom.